The lowest BCUT2D eigenvalue weighted by molar-refractivity contribution is -0.123. The Bertz CT molecular complexity index is 641. The first-order valence-electron chi connectivity index (χ1n) is 6.73. The number of aromatic nitrogens is 2. The molecule has 0 aliphatic heterocycles. The van der Waals surface area contributed by atoms with E-state index in [1.165, 1.54) is 11.3 Å². The molecule has 2 aromatic heterocycles. The fraction of sp³-hybridized carbons (Fsp3) is 0.500. The Kier molecular flexibility index (Phi) is 3.60. The molecule has 1 aliphatic rings. The van der Waals surface area contributed by atoms with Crippen molar-refractivity contribution in [2.75, 3.05) is 5.32 Å². The largest absolute Gasteiger partial charge is 0.302 e. The summed E-state index contributed by atoms with van der Waals surface area (Å²) in [5, 5.41) is 6.65. The number of nitrogens with zero attached hydrogens (tertiary/aromatic N) is 2. The first kappa shape index (κ1) is 13.7. The molecule has 6 heteroatoms. The van der Waals surface area contributed by atoms with Gasteiger partial charge in [-0.3, -0.25) is 4.79 Å². The van der Waals surface area contributed by atoms with Gasteiger partial charge in [0.1, 0.15) is 0 Å². The van der Waals surface area contributed by atoms with Crippen LogP contribution in [0.4, 0.5) is 5.13 Å². The van der Waals surface area contributed by atoms with E-state index in [9.17, 15) is 4.79 Å². The molecule has 0 saturated heterocycles. The standard InChI is InChI=1S/C14H17N3OS2/c1-7-4-10(5-7)13(18)17-14-16-11(6-19-14)12-8(2)15-9(3)20-12/h6-7,10H,4-5H2,1-3H3,(H,16,17,18). The van der Waals surface area contributed by atoms with Gasteiger partial charge < -0.3 is 5.32 Å². The minimum atomic E-state index is 0.112. The van der Waals surface area contributed by atoms with E-state index in [2.05, 4.69) is 22.2 Å². The van der Waals surface area contributed by atoms with Gasteiger partial charge in [0.25, 0.3) is 0 Å². The fourth-order valence-electron chi connectivity index (χ4n) is 2.53. The van der Waals surface area contributed by atoms with Crippen LogP contribution in [0, 0.1) is 25.7 Å². The van der Waals surface area contributed by atoms with Crippen molar-refractivity contribution in [3.05, 3.63) is 16.1 Å². The molecule has 0 aromatic carbocycles. The molecule has 4 nitrogen and oxygen atoms in total. The molecular formula is C14H17N3OS2. The maximum atomic E-state index is 12.0. The van der Waals surface area contributed by atoms with E-state index >= 15 is 0 Å². The van der Waals surface area contributed by atoms with Crippen LogP contribution in [0.1, 0.15) is 30.5 Å². The zero-order valence-electron chi connectivity index (χ0n) is 11.8. The normalized spacial score (nSPS) is 21.6. The second-order valence-corrected chi connectivity index (χ2v) is 7.51. The predicted octanol–water partition coefficient (Wildman–Crippen LogP) is 3.87. The molecule has 0 radical (unpaired) electrons. The van der Waals surface area contributed by atoms with E-state index in [1.54, 1.807) is 11.3 Å². The molecule has 1 amide bonds. The van der Waals surface area contributed by atoms with Crippen LogP contribution in [0.15, 0.2) is 5.38 Å². The summed E-state index contributed by atoms with van der Waals surface area (Å²) in [6, 6.07) is 0. The summed E-state index contributed by atoms with van der Waals surface area (Å²) < 4.78 is 0. The molecule has 1 aliphatic carbocycles. The van der Waals surface area contributed by atoms with Gasteiger partial charge in [-0.25, -0.2) is 9.97 Å². The highest BCUT2D eigenvalue weighted by Gasteiger charge is 2.31. The quantitative estimate of drug-likeness (QED) is 0.936. The second kappa shape index (κ2) is 5.26. The summed E-state index contributed by atoms with van der Waals surface area (Å²) in [5.74, 6) is 0.964. The van der Waals surface area contributed by atoms with Crippen molar-refractivity contribution < 1.29 is 4.79 Å². The lowest BCUT2D eigenvalue weighted by atomic mass is 9.76. The summed E-state index contributed by atoms with van der Waals surface area (Å²) in [5.41, 5.74) is 1.92. The van der Waals surface area contributed by atoms with Crippen LogP contribution in [-0.4, -0.2) is 15.9 Å². The number of aryl methyl sites for hydroxylation is 2. The van der Waals surface area contributed by atoms with Gasteiger partial charge in [0, 0.05) is 11.3 Å². The molecule has 3 rings (SSSR count). The van der Waals surface area contributed by atoms with Crippen molar-refractivity contribution in [1.82, 2.24) is 9.97 Å². The summed E-state index contributed by atoms with van der Waals surface area (Å²) in [6.45, 7) is 6.17. The minimum absolute atomic E-state index is 0.112. The van der Waals surface area contributed by atoms with Crippen molar-refractivity contribution >= 4 is 33.7 Å². The van der Waals surface area contributed by atoms with E-state index in [1.807, 2.05) is 19.2 Å². The monoisotopic (exact) mass is 307 g/mol. The summed E-state index contributed by atoms with van der Waals surface area (Å²) in [4.78, 5) is 22.0. The van der Waals surface area contributed by atoms with Gasteiger partial charge >= 0.3 is 0 Å². The molecule has 0 atom stereocenters. The third kappa shape index (κ3) is 2.62. The van der Waals surface area contributed by atoms with Crippen molar-refractivity contribution in [2.45, 2.75) is 33.6 Å². The number of carbonyl (C=O) groups excluding carboxylic acids is 1. The van der Waals surface area contributed by atoms with Gasteiger partial charge in [0.15, 0.2) is 5.13 Å². The molecule has 0 unspecified atom stereocenters. The number of amides is 1. The maximum Gasteiger partial charge on any atom is 0.229 e. The van der Waals surface area contributed by atoms with Crippen molar-refractivity contribution in [3.63, 3.8) is 0 Å². The van der Waals surface area contributed by atoms with E-state index in [4.69, 9.17) is 0 Å². The summed E-state index contributed by atoms with van der Waals surface area (Å²) >= 11 is 3.12. The molecule has 20 heavy (non-hydrogen) atoms. The average Bonchev–Trinajstić information content (AvgIpc) is 2.91. The first-order chi connectivity index (χ1) is 9.52. The number of hydrogen-bond acceptors (Lipinski definition) is 5. The van der Waals surface area contributed by atoms with Crippen molar-refractivity contribution in [2.24, 2.45) is 11.8 Å². The van der Waals surface area contributed by atoms with Crippen molar-refractivity contribution in [1.29, 1.82) is 0 Å². The van der Waals surface area contributed by atoms with E-state index in [-0.39, 0.29) is 11.8 Å². The highest BCUT2D eigenvalue weighted by Crippen LogP contribution is 2.35. The van der Waals surface area contributed by atoms with Crippen LogP contribution < -0.4 is 5.32 Å². The van der Waals surface area contributed by atoms with Gasteiger partial charge in [-0.15, -0.1) is 22.7 Å². The topological polar surface area (TPSA) is 54.9 Å². The van der Waals surface area contributed by atoms with Crippen molar-refractivity contribution in [3.8, 4) is 10.6 Å². The van der Waals surface area contributed by atoms with Crippen LogP contribution in [0.3, 0.4) is 0 Å². The Morgan fingerprint density at radius 1 is 1.35 bits per heavy atom. The van der Waals surface area contributed by atoms with Gasteiger partial charge in [-0.05, 0) is 32.6 Å². The van der Waals surface area contributed by atoms with Crippen LogP contribution in [-0.2, 0) is 4.79 Å². The number of anilines is 1. The van der Waals surface area contributed by atoms with E-state index in [0.29, 0.717) is 11.0 Å². The maximum absolute atomic E-state index is 12.0. The van der Waals surface area contributed by atoms with E-state index in [0.717, 1.165) is 34.1 Å². The van der Waals surface area contributed by atoms with Crippen LogP contribution in [0.2, 0.25) is 0 Å². The molecule has 0 spiro atoms. The third-order valence-corrected chi connectivity index (χ3v) is 5.47. The number of thiazole rings is 2. The molecular weight excluding hydrogens is 290 g/mol. The lowest BCUT2D eigenvalue weighted by Crippen LogP contribution is -2.33. The van der Waals surface area contributed by atoms with Gasteiger partial charge in [0.2, 0.25) is 5.91 Å². The van der Waals surface area contributed by atoms with Crippen LogP contribution >= 0.6 is 22.7 Å². The average molecular weight is 307 g/mol. The van der Waals surface area contributed by atoms with Gasteiger partial charge in [-0.2, -0.15) is 0 Å². The summed E-state index contributed by atoms with van der Waals surface area (Å²) in [6.07, 6.45) is 1.99. The Labute approximate surface area is 126 Å². The second-order valence-electron chi connectivity index (χ2n) is 5.45. The number of rotatable bonds is 3. The number of hydrogen-bond donors (Lipinski definition) is 1. The Balaban J connectivity index is 1.71. The fourth-order valence-corrected chi connectivity index (χ4v) is 4.19. The predicted molar refractivity (Wildman–Crippen MR) is 83.2 cm³/mol. The summed E-state index contributed by atoms with van der Waals surface area (Å²) in [7, 11) is 0. The molecule has 1 saturated carbocycles. The zero-order valence-corrected chi connectivity index (χ0v) is 13.4. The first-order valence-corrected chi connectivity index (χ1v) is 8.43. The highest BCUT2D eigenvalue weighted by atomic mass is 32.1. The Morgan fingerprint density at radius 2 is 2.10 bits per heavy atom. The molecule has 0 bridgehead atoms. The van der Waals surface area contributed by atoms with E-state index < -0.39 is 0 Å². The SMILES string of the molecule is Cc1nc(C)c(-c2csc(NC(=O)C3CC(C)C3)n2)s1. The third-order valence-electron chi connectivity index (χ3n) is 3.62. The smallest absolute Gasteiger partial charge is 0.229 e. The number of carbonyl (C=O) groups is 1. The molecule has 106 valence electrons. The number of nitrogens with one attached hydrogen (secondary N) is 1. The lowest BCUT2D eigenvalue weighted by Gasteiger charge is -2.30. The minimum Gasteiger partial charge on any atom is -0.302 e. The highest BCUT2D eigenvalue weighted by molar-refractivity contribution is 7.16. The molecule has 2 heterocycles. The van der Waals surface area contributed by atoms with Crippen LogP contribution in [0.5, 0.6) is 0 Å². The molecule has 1 N–H and O–H groups in total. The molecule has 2 aromatic rings. The van der Waals surface area contributed by atoms with Crippen LogP contribution in [0.25, 0.3) is 10.6 Å². The molecule has 1 fully saturated rings. The van der Waals surface area contributed by atoms with Gasteiger partial charge in [0.05, 0.1) is 21.3 Å². The Hall–Kier alpha value is -1.27. The zero-order chi connectivity index (χ0) is 14.3. The Morgan fingerprint density at radius 3 is 2.70 bits per heavy atom. The van der Waals surface area contributed by atoms with Gasteiger partial charge in [-0.1, -0.05) is 6.92 Å².